The van der Waals surface area contributed by atoms with Crippen LogP contribution in [0.4, 0.5) is 5.69 Å². The normalized spacial score (nSPS) is 23.2. The minimum atomic E-state index is 0.292. The Morgan fingerprint density at radius 3 is 2.47 bits per heavy atom. The second-order valence-electron chi connectivity index (χ2n) is 5.73. The Morgan fingerprint density at radius 1 is 1.16 bits per heavy atom. The molecule has 0 bridgehead atoms. The van der Waals surface area contributed by atoms with E-state index in [1.54, 1.807) is 7.11 Å². The summed E-state index contributed by atoms with van der Waals surface area (Å²) in [5.74, 6) is 0.961. The van der Waals surface area contributed by atoms with Crippen molar-refractivity contribution in [3.8, 4) is 5.75 Å². The third-order valence-electron chi connectivity index (χ3n) is 4.37. The van der Waals surface area contributed by atoms with E-state index in [2.05, 4.69) is 37.9 Å². The molecule has 0 saturated heterocycles. The molecule has 106 valence electrons. The van der Waals surface area contributed by atoms with Crippen LogP contribution in [-0.2, 0) is 0 Å². The van der Waals surface area contributed by atoms with Gasteiger partial charge < -0.3 is 15.4 Å². The van der Waals surface area contributed by atoms with Crippen LogP contribution < -0.4 is 15.4 Å². The van der Waals surface area contributed by atoms with Crippen molar-refractivity contribution in [1.29, 1.82) is 0 Å². The fourth-order valence-electron chi connectivity index (χ4n) is 3.17. The second kappa shape index (κ2) is 5.83. The molecule has 0 aromatic heterocycles. The van der Waals surface area contributed by atoms with Crippen LogP contribution in [-0.4, -0.2) is 26.2 Å². The number of nitrogens with two attached hydrogens (primary N) is 1. The van der Waals surface area contributed by atoms with Gasteiger partial charge in [0, 0.05) is 24.8 Å². The Kier molecular flexibility index (Phi) is 4.35. The van der Waals surface area contributed by atoms with Crippen molar-refractivity contribution in [2.75, 3.05) is 19.1 Å². The summed E-state index contributed by atoms with van der Waals surface area (Å²) in [7, 11) is 3.90. The molecule has 1 aliphatic carbocycles. The highest BCUT2D eigenvalue weighted by Crippen LogP contribution is 2.32. The zero-order valence-electron chi connectivity index (χ0n) is 12.6. The number of likely N-dealkylation sites (N-methyl/N-ethyl adjacent to an activating group) is 1. The van der Waals surface area contributed by atoms with Gasteiger partial charge in [-0.15, -0.1) is 0 Å². The molecule has 0 spiro atoms. The van der Waals surface area contributed by atoms with Crippen LogP contribution in [0.1, 0.15) is 36.8 Å². The van der Waals surface area contributed by atoms with Crippen molar-refractivity contribution in [1.82, 2.24) is 0 Å². The summed E-state index contributed by atoms with van der Waals surface area (Å²) < 4.78 is 5.38. The van der Waals surface area contributed by atoms with Gasteiger partial charge in [-0.05, 0) is 49.9 Å². The average molecular weight is 262 g/mol. The number of ether oxygens (including phenoxy) is 1. The van der Waals surface area contributed by atoms with Crippen LogP contribution in [0.3, 0.4) is 0 Å². The van der Waals surface area contributed by atoms with Crippen LogP contribution >= 0.6 is 0 Å². The lowest BCUT2D eigenvalue weighted by Gasteiger charge is -2.38. The predicted octanol–water partition coefficient (Wildman–Crippen LogP) is 3.02. The van der Waals surface area contributed by atoms with Crippen molar-refractivity contribution in [2.45, 2.75) is 51.6 Å². The molecule has 3 heteroatoms. The molecule has 1 aromatic rings. The van der Waals surface area contributed by atoms with Crippen molar-refractivity contribution in [3.63, 3.8) is 0 Å². The Bertz CT molecular complexity index is 445. The summed E-state index contributed by atoms with van der Waals surface area (Å²) in [6.07, 6.45) is 4.90. The molecule has 1 aliphatic rings. The standard InChI is InChI=1S/C16H26N2O/c1-11-10-16(19-4)12(2)9-15(11)18(3)14-8-6-5-7-13(14)17/h9-10,13-14H,5-8,17H2,1-4H3. The Balaban J connectivity index is 2.27. The van der Waals surface area contributed by atoms with E-state index in [1.165, 1.54) is 36.1 Å². The number of anilines is 1. The van der Waals surface area contributed by atoms with Crippen molar-refractivity contribution < 1.29 is 4.74 Å². The largest absolute Gasteiger partial charge is 0.496 e. The van der Waals surface area contributed by atoms with Gasteiger partial charge in [0.05, 0.1) is 7.11 Å². The molecule has 0 amide bonds. The molecular formula is C16H26N2O. The number of aryl methyl sites for hydroxylation is 2. The molecule has 1 aromatic carbocycles. The SMILES string of the molecule is COc1cc(C)c(N(C)C2CCCCC2N)cc1C. The average Bonchev–Trinajstić information content (AvgIpc) is 2.40. The number of benzene rings is 1. The Morgan fingerprint density at radius 2 is 1.84 bits per heavy atom. The lowest BCUT2D eigenvalue weighted by molar-refractivity contribution is 0.373. The molecular weight excluding hydrogens is 236 g/mol. The number of hydrogen-bond donors (Lipinski definition) is 1. The van der Waals surface area contributed by atoms with Crippen LogP contribution in [0.15, 0.2) is 12.1 Å². The summed E-state index contributed by atoms with van der Waals surface area (Å²) in [4.78, 5) is 2.37. The smallest absolute Gasteiger partial charge is 0.122 e. The first-order valence-electron chi connectivity index (χ1n) is 7.18. The van der Waals surface area contributed by atoms with Gasteiger partial charge in [0.25, 0.3) is 0 Å². The van der Waals surface area contributed by atoms with Gasteiger partial charge >= 0.3 is 0 Å². The van der Waals surface area contributed by atoms with Gasteiger partial charge in [0.2, 0.25) is 0 Å². The lowest BCUT2D eigenvalue weighted by atomic mass is 9.89. The van der Waals surface area contributed by atoms with Crippen molar-refractivity contribution in [3.05, 3.63) is 23.3 Å². The summed E-state index contributed by atoms with van der Waals surface area (Å²) in [6, 6.07) is 5.09. The molecule has 2 atom stereocenters. The zero-order chi connectivity index (χ0) is 14.0. The summed E-state index contributed by atoms with van der Waals surface area (Å²) in [6.45, 7) is 4.23. The highest BCUT2D eigenvalue weighted by atomic mass is 16.5. The van der Waals surface area contributed by atoms with E-state index in [1.807, 2.05) is 0 Å². The quantitative estimate of drug-likeness (QED) is 0.910. The third-order valence-corrected chi connectivity index (χ3v) is 4.37. The highest BCUT2D eigenvalue weighted by molar-refractivity contribution is 5.59. The third kappa shape index (κ3) is 2.86. The van der Waals surface area contributed by atoms with Crippen molar-refractivity contribution in [2.24, 2.45) is 5.73 Å². The van der Waals surface area contributed by atoms with E-state index < -0.39 is 0 Å². The molecule has 2 N–H and O–H groups in total. The fraction of sp³-hybridized carbons (Fsp3) is 0.625. The molecule has 2 unspecified atom stereocenters. The first-order valence-corrected chi connectivity index (χ1v) is 7.18. The predicted molar refractivity (Wildman–Crippen MR) is 81.1 cm³/mol. The molecule has 19 heavy (non-hydrogen) atoms. The summed E-state index contributed by atoms with van der Waals surface area (Å²) in [5, 5.41) is 0. The number of rotatable bonds is 3. The second-order valence-corrected chi connectivity index (χ2v) is 5.73. The topological polar surface area (TPSA) is 38.5 Å². The van der Waals surface area contributed by atoms with Gasteiger partial charge in [-0.3, -0.25) is 0 Å². The monoisotopic (exact) mass is 262 g/mol. The summed E-state index contributed by atoms with van der Waals surface area (Å²) in [5.41, 5.74) is 10.0. The molecule has 0 heterocycles. The molecule has 0 aliphatic heterocycles. The summed E-state index contributed by atoms with van der Waals surface area (Å²) >= 11 is 0. The van der Waals surface area contributed by atoms with E-state index in [0.29, 0.717) is 12.1 Å². The van der Waals surface area contributed by atoms with Crippen LogP contribution in [0, 0.1) is 13.8 Å². The van der Waals surface area contributed by atoms with Gasteiger partial charge in [-0.25, -0.2) is 0 Å². The van der Waals surface area contributed by atoms with Crippen LogP contribution in [0.5, 0.6) is 5.75 Å². The minimum absolute atomic E-state index is 0.292. The molecule has 2 rings (SSSR count). The maximum atomic E-state index is 6.30. The number of methoxy groups -OCH3 is 1. The van der Waals surface area contributed by atoms with E-state index in [9.17, 15) is 0 Å². The molecule has 3 nitrogen and oxygen atoms in total. The van der Waals surface area contributed by atoms with Gasteiger partial charge in [0.15, 0.2) is 0 Å². The Hall–Kier alpha value is -1.22. The lowest BCUT2D eigenvalue weighted by Crippen LogP contribution is -2.48. The Labute approximate surface area is 116 Å². The van der Waals surface area contributed by atoms with Crippen LogP contribution in [0.2, 0.25) is 0 Å². The molecule has 0 radical (unpaired) electrons. The van der Waals surface area contributed by atoms with Gasteiger partial charge in [-0.1, -0.05) is 12.8 Å². The van der Waals surface area contributed by atoms with E-state index in [4.69, 9.17) is 10.5 Å². The molecule has 1 saturated carbocycles. The number of hydrogen-bond acceptors (Lipinski definition) is 3. The van der Waals surface area contributed by atoms with E-state index in [0.717, 1.165) is 12.2 Å². The van der Waals surface area contributed by atoms with Crippen molar-refractivity contribution >= 4 is 5.69 Å². The van der Waals surface area contributed by atoms with Crippen LogP contribution in [0.25, 0.3) is 0 Å². The van der Waals surface area contributed by atoms with E-state index >= 15 is 0 Å². The zero-order valence-corrected chi connectivity index (χ0v) is 12.6. The fourth-order valence-corrected chi connectivity index (χ4v) is 3.17. The first-order chi connectivity index (χ1) is 9.04. The molecule has 1 fully saturated rings. The van der Waals surface area contributed by atoms with E-state index in [-0.39, 0.29) is 0 Å². The van der Waals surface area contributed by atoms with Gasteiger partial charge in [0.1, 0.15) is 5.75 Å². The first kappa shape index (κ1) is 14.2. The number of nitrogens with zero attached hydrogens (tertiary/aromatic N) is 1. The van der Waals surface area contributed by atoms with Gasteiger partial charge in [-0.2, -0.15) is 0 Å². The minimum Gasteiger partial charge on any atom is -0.496 e. The maximum Gasteiger partial charge on any atom is 0.122 e. The maximum absolute atomic E-state index is 6.30. The highest BCUT2D eigenvalue weighted by Gasteiger charge is 2.26.